The Morgan fingerprint density at radius 3 is 2.60 bits per heavy atom. The van der Waals surface area contributed by atoms with Crippen molar-refractivity contribution in [3.8, 4) is 0 Å². The molecular weight excluding hydrogens is 449 g/mol. The van der Waals surface area contributed by atoms with E-state index in [0.717, 1.165) is 5.56 Å². The molecule has 0 spiro atoms. The first-order chi connectivity index (χ1) is 14.1. The van der Waals surface area contributed by atoms with Gasteiger partial charge in [-0.25, -0.2) is 9.52 Å². The fourth-order valence-corrected chi connectivity index (χ4v) is 4.10. The third-order valence-electron chi connectivity index (χ3n) is 4.45. The monoisotopic (exact) mass is 468 g/mol. The van der Waals surface area contributed by atoms with Gasteiger partial charge >= 0.3 is 5.63 Å². The molecule has 1 aromatic heterocycles. The van der Waals surface area contributed by atoms with Crippen LogP contribution in [-0.2, 0) is 23.2 Å². The molecule has 0 fully saturated rings. The van der Waals surface area contributed by atoms with Crippen molar-refractivity contribution >= 4 is 50.1 Å². The lowest BCUT2D eigenvalue weighted by atomic mass is 9.98. The standard InChI is InChI=1S/C20H20Cl2N3O4S/c1-23-30(27,28)24-17-6-4-5-12(19(17)22)9-15-16(11-25(2)3)14-10-13(21)7-8-18(14)29-20(15)26/h4-6,8,10,23-24H,9,11H2,1-3H3. The Hall–Kier alpha value is -2.10. The lowest BCUT2D eigenvalue weighted by Crippen LogP contribution is -2.26. The minimum atomic E-state index is -3.74. The first kappa shape index (κ1) is 22.6. The summed E-state index contributed by atoms with van der Waals surface area (Å²) in [6, 6.07) is 11.0. The van der Waals surface area contributed by atoms with Gasteiger partial charge in [-0.2, -0.15) is 8.42 Å². The van der Waals surface area contributed by atoms with E-state index in [0.29, 0.717) is 33.7 Å². The predicted octanol–water partition coefficient (Wildman–Crippen LogP) is 3.43. The molecule has 0 atom stereocenters. The zero-order chi connectivity index (χ0) is 22.1. The number of nitrogens with one attached hydrogen (secondary N) is 2. The van der Waals surface area contributed by atoms with Crippen molar-refractivity contribution < 1.29 is 12.8 Å². The van der Waals surface area contributed by atoms with Crippen LogP contribution >= 0.6 is 23.2 Å². The molecular formula is C20H20Cl2N3O4S. The Bertz CT molecular complexity index is 1260. The first-order valence-electron chi connectivity index (χ1n) is 8.90. The Kier molecular flexibility index (Phi) is 6.74. The highest BCUT2D eigenvalue weighted by molar-refractivity contribution is 7.90. The molecule has 0 aliphatic heterocycles. The Morgan fingerprint density at radius 1 is 1.20 bits per heavy atom. The Balaban J connectivity index is 2.14. The van der Waals surface area contributed by atoms with E-state index in [-0.39, 0.29) is 17.1 Å². The first-order valence-corrected chi connectivity index (χ1v) is 11.1. The van der Waals surface area contributed by atoms with Gasteiger partial charge in [0.2, 0.25) is 0 Å². The van der Waals surface area contributed by atoms with Crippen LogP contribution < -0.4 is 15.1 Å². The van der Waals surface area contributed by atoms with Crippen molar-refractivity contribution in [1.82, 2.24) is 9.62 Å². The van der Waals surface area contributed by atoms with E-state index in [1.807, 2.05) is 19.0 Å². The molecule has 159 valence electrons. The summed E-state index contributed by atoms with van der Waals surface area (Å²) in [6.45, 7) is 0.474. The van der Waals surface area contributed by atoms with Crippen LogP contribution in [0.4, 0.5) is 5.69 Å². The van der Waals surface area contributed by atoms with E-state index in [4.69, 9.17) is 27.6 Å². The van der Waals surface area contributed by atoms with Crippen molar-refractivity contribution in [2.45, 2.75) is 13.0 Å². The third-order valence-corrected chi connectivity index (χ3v) is 6.14. The van der Waals surface area contributed by atoms with E-state index in [1.165, 1.54) is 7.05 Å². The van der Waals surface area contributed by atoms with Crippen molar-refractivity contribution in [2.24, 2.45) is 0 Å². The molecule has 1 radical (unpaired) electrons. The van der Waals surface area contributed by atoms with Crippen LogP contribution in [0.25, 0.3) is 11.0 Å². The second-order valence-electron chi connectivity index (χ2n) is 6.91. The van der Waals surface area contributed by atoms with Crippen LogP contribution in [0.1, 0.15) is 16.7 Å². The lowest BCUT2D eigenvalue weighted by Gasteiger charge is -2.17. The number of hydrogen-bond acceptors (Lipinski definition) is 5. The second kappa shape index (κ2) is 8.95. The summed E-state index contributed by atoms with van der Waals surface area (Å²) in [5.74, 6) is 0. The third kappa shape index (κ3) is 4.96. The number of hydrogen-bond donors (Lipinski definition) is 2. The molecule has 0 bridgehead atoms. The van der Waals surface area contributed by atoms with Gasteiger partial charge < -0.3 is 9.32 Å². The van der Waals surface area contributed by atoms with Crippen molar-refractivity contribution in [3.63, 3.8) is 0 Å². The highest BCUT2D eigenvalue weighted by Crippen LogP contribution is 2.31. The zero-order valence-corrected chi connectivity index (χ0v) is 18.9. The van der Waals surface area contributed by atoms with Crippen molar-refractivity contribution in [2.75, 3.05) is 25.9 Å². The number of anilines is 1. The smallest absolute Gasteiger partial charge is 0.340 e. The van der Waals surface area contributed by atoms with Gasteiger partial charge in [0.1, 0.15) is 5.58 Å². The highest BCUT2D eigenvalue weighted by Gasteiger charge is 2.19. The molecule has 2 aromatic carbocycles. The van der Waals surface area contributed by atoms with Gasteiger partial charge in [-0.15, -0.1) is 0 Å². The summed E-state index contributed by atoms with van der Waals surface area (Å²) in [7, 11) is 1.33. The topological polar surface area (TPSA) is 91.7 Å². The quantitative estimate of drug-likeness (QED) is 0.518. The number of nitrogens with zero attached hydrogens (tertiary/aromatic N) is 1. The van der Waals surface area contributed by atoms with Gasteiger partial charge in [0.15, 0.2) is 0 Å². The van der Waals surface area contributed by atoms with E-state index in [9.17, 15) is 13.2 Å². The van der Waals surface area contributed by atoms with Crippen molar-refractivity contribution in [3.05, 3.63) is 73.6 Å². The maximum absolute atomic E-state index is 12.8. The van der Waals surface area contributed by atoms with Crippen LogP contribution in [0.15, 0.2) is 39.5 Å². The van der Waals surface area contributed by atoms with Crippen LogP contribution in [-0.4, -0.2) is 34.5 Å². The predicted molar refractivity (Wildman–Crippen MR) is 120 cm³/mol. The Morgan fingerprint density at radius 2 is 1.93 bits per heavy atom. The number of halogens is 2. The van der Waals surface area contributed by atoms with Gasteiger partial charge in [-0.3, -0.25) is 4.72 Å². The van der Waals surface area contributed by atoms with E-state index in [2.05, 4.69) is 15.5 Å². The molecule has 10 heteroatoms. The van der Waals surface area contributed by atoms with Crippen LogP contribution in [0.5, 0.6) is 0 Å². The molecule has 0 amide bonds. The molecule has 0 aliphatic rings. The van der Waals surface area contributed by atoms with Gasteiger partial charge in [0.25, 0.3) is 10.2 Å². The van der Waals surface area contributed by atoms with Crippen molar-refractivity contribution in [1.29, 1.82) is 0 Å². The lowest BCUT2D eigenvalue weighted by molar-refractivity contribution is 0.400. The summed E-state index contributed by atoms with van der Waals surface area (Å²) in [6.07, 6.45) is 0.158. The van der Waals surface area contributed by atoms with Gasteiger partial charge in [-0.1, -0.05) is 35.3 Å². The number of fused-ring (bicyclic) bond motifs is 1. The average molecular weight is 469 g/mol. The molecule has 3 rings (SSSR count). The molecule has 0 saturated heterocycles. The molecule has 0 saturated carbocycles. The molecule has 30 heavy (non-hydrogen) atoms. The minimum absolute atomic E-state index is 0.158. The van der Waals surface area contributed by atoms with Crippen LogP contribution in [0.3, 0.4) is 0 Å². The van der Waals surface area contributed by atoms with E-state index >= 15 is 0 Å². The maximum atomic E-state index is 12.8. The van der Waals surface area contributed by atoms with E-state index < -0.39 is 15.8 Å². The summed E-state index contributed by atoms with van der Waals surface area (Å²) >= 11 is 12.6. The molecule has 7 nitrogen and oxygen atoms in total. The fourth-order valence-electron chi connectivity index (χ4n) is 3.08. The average Bonchev–Trinajstić information content (AvgIpc) is 2.67. The summed E-state index contributed by atoms with van der Waals surface area (Å²) < 4.78 is 33.7. The minimum Gasteiger partial charge on any atom is -0.422 e. The highest BCUT2D eigenvalue weighted by atomic mass is 35.5. The molecule has 3 aromatic rings. The van der Waals surface area contributed by atoms with Crippen LogP contribution in [0.2, 0.25) is 10.0 Å². The largest absolute Gasteiger partial charge is 0.422 e. The van der Waals surface area contributed by atoms with E-state index in [1.54, 1.807) is 30.3 Å². The van der Waals surface area contributed by atoms with Gasteiger partial charge in [-0.05, 0) is 43.4 Å². The Labute approximate surface area is 184 Å². The molecule has 2 N–H and O–H groups in total. The number of rotatable bonds is 7. The normalized spacial score (nSPS) is 11.9. The maximum Gasteiger partial charge on any atom is 0.340 e. The second-order valence-corrected chi connectivity index (χ2v) is 9.31. The summed E-state index contributed by atoms with van der Waals surface area (Å²) in [5.41, 5.74) is 1.88. The van der Waals surface area contributed by atoms with Gasteiger partial charge in [0, 0.05) is 42.1 Å². The molecule has 0 unspecified atom stereocenters. The summed E-state index contributed by atoms with van der Waals surface area (Å²) in [5, 5.41) is 1.32. The zero-order valence-electron chi connectivity index (χ0n) is 16.5. The molecule has 0 aliphatic carbocycles. The number of benzene rings is 2. The van der Waals surface area contributed by atoms with Crippen LogP contribution in [0, 0.1) is 6.07 Å². The van der Waals surface area contributed by atoms with Gasteiger partial charge in [0.05, 0.1) is 10.7 Å². The molecule has 1 heterocycles. The SMILES string of the molecule is CNS(=O)(=O)Nc1cccc(Cc2c(CN(C)C)c3cc(Cl)[c]cc3oc2=O)c1Cl. The fraction of sp³-hybridized carbons (Fsp3) is 0.250. The summed E-state index contributed by atoms with van der Waals surface area (Å²) in [4.78, 5) is 14.7.